The van der Waals surface area contributed by atoms with E-state index in [4.69, 9.17) is 4.74 Å². The summed E-state index contributed by atoms with van der Waals surface area (Å²) in [7, 11) is 1.67. The van der Waals surface area contributed by atoms with E-state index in [9.17, 15) is 4.79 Å². The molecule has 0 heterocycles. The number of ether oxygens (including phenoxy) is 1. The quantitative estimate of drug-likeness (QED) is 0.320. The van der Waals surface area contributed by atoms with E-state index in [1.165, 1.54) is 0 Å². The molecule has 3 aromatic rings. The highest BCUT2D eigenvalue weighted by atomic mass is 16.5. The Morgan fingerprint density at radius 2 is 1.44 bits per heavy atom. The molecule has 3 aromatic carbocycles. The predicted molar refractivity (Wildman–Crippen MR) is 141 cm³/mol. The fourth-order valence-corrected chi connectivity index (χ4v) is 4.03. The van der Waals surface area contributed by atoms with Crippen LogP contribution in [0.3, 0.4) is 0 Å². The average molecular weight is 460 g/mol. The molecule has 0 bridgehead atoms. The van der Waals surface area contributed by atoms with Crippen LogP contribution in [0, 0.1) is 0 Å². The lowest BCUT2D eigenvalue weighted by atomic mass is 9.93. The van der Waals surface area contributed by atoms with Gasteiger partial charge in [-0.05, 0) is 46.2 Å². The number of hydrogen-bond acceptors (Lipinski definition) is 3. The standard InChI is InChI=1S/C29H37N3O2/c1-20(2)25-12-9-13-26(21(3)4)28(25)32-29(33)31-19-27(23-10-7-6-8-11-23)30-18-22-14-16-24(34-5)17-15-22/h6-17,20-21,27,30H,18-19H2,1-5H3,(H2,31,32,33)/t27-/m1/s1. The Labute approximate surface area is 203 Å². The van der Waals surface area contributed by atoms with E-state index in [0.717, 1.165) is 33.7 Å². The van der Waals surface area contributed by atoms with E-state index in [1.54, 1.807) is 7.11 Å². The molecule has 0 aliphatic heterocycles. The van der Waals surface area contributed by atoms with Gasteiger partial charge in [0.15, 0.2) is 0 Å². The van der Waals surface area contributed by atoms with Crippen LogP contribution >= 0.6 is 0 Å². The number of hydrogen-bond donors (Lipinski definition) is 3. The normalized spacial score (nSPS) is 12.0. The highest BCUT2D eigenvalue weighted by Gasteiger charge is 2.17. The molecule has 34 heavy (non-hydrogen) atoms. The van der Waals surface area contributed by atoms with Gasteiger partial charge in [-0.3, -0.25) is 0 Å². The number of anilines is 1. The number of nitrogens with one attached hydrogen (secondary N) is 3. The van der Waals surface area contributed by atoms with Crippen molar-refractivity contribution in [1.82, 2.24) is 10.6 Å². The Morgan fingerprint density at radius 1 is 0.824 bits per heavy atom. The van der Waals surface area contributed by atoms with Gasteiger partial charge in [0.05, 0.1) is 7.11 Å². The summed E-state index contributed by atoms with van der Waals surface area (Å²) in [4.78, 5) is 13.0. The number of benzene rings is 3. The van der Waals surface area contributed by atoms with E-state index >= 15 is 0 Å². The third-order valence-electron chi connectivity index (χ3n) is 5.99. The van der Waals surface area contributed by atoms with E-state index in [2.05, 4.69) is 74.0 Å². The van der Waals surface area contributed by atoms with Gasteiger partial charge in [-0.15, -0.1) is 0 Å². The molecule has 0 unspecified atom stereocenters. The molecule has 0 radical (unpaired) electrons. The van der Waals surface area contributed by atoms with Crippen LogP contribution in [0.4, 0.5) is 10.5 Å². The molecular weight excluding hydrogens is 422 g/mol. The van der Waals surface area contributed by atoms with Crippen LogP contribution in [-0.2, 0) is 6.54 Å². The SMILES string of the molecule is COc1ccc(CN[C@H](CNC(=O)Nc2c(C(C)C)cccc2C(C)C)c2ccccc2)cc1. The fraction of sp³-hybridized carbons (Fsp3) is 0.345. The van der Waals surface area contributed by atoms with Crippen molar-refractivity contribution in [1.29, 1.82) is 0 Å². The van der Waals surface area contributed by atoms with E-state index in [0.29, 0.717) is 24.9 Å². The average Bonchev–Trinajstić information content (AvgIpc) is 2.84. The molecule has 0 saturated carbocycles. The van der Waals surface area contributed by atoms with Crippen molar-refractivity contribution in [3.8, 4) is 5.75 Å². The first-order valence-corrected chi connectivity index (χ1v) is 12.0. The molecule has 1 atom stereocenters. The summed E-state index contributed by atoms with van der Waals surface area (Å²) in [6, 6.07) is 24.2. The summed E-state index contributed by atoms with van der Waals surface area (Å²) in [6.07, 6.45) is 0. The van der Waals surface area contributed by atoms with Gasteiger partial charge in [0.25, 0.3) is 0 Å². The number of methoxy groups -OCH3 is 1. The Kier molecular flexibility index (Phi) is 9.11. The van der Waals surface area contributed by atoms with E-state index in [-0.39, 0.29) is 12.1 Å². The smallest absolute Gasteiger partial charge is 0.319 e. The van der Waals surface area contributed by atoms with Crippen LogP contribution in [0.25, 0.3) is 0 Å². The topological polar surface area (TPSA) is 62.4 Å². The summed E-state index contributed by atoms with van der Waals surface area (Å²) < 4.78 is 5.25. The summed E-state index contributed by atoms with van der Waals surface area (Å²) >= 11 is 0. The van der Waals surface area contributed by atoms with E-state index in [1.807, 2.05) is 42.5 Å². The van der Waals surface area contributed by atoms with Gasteiger partial charge >= 0.3 is 6.03 Å². The molecule has 0 aliphatic rings. The van der Waals surface area contributed by atoms with Gasteiger partial charge in [-0.2, -0.15) is 0 Å². The molecule has 0 fully saturated rings. The summed E-state index contributed by atoms with van der Waals surface area (Å²) in [6.45, 7) is 9.75. The number of para-hydroxylation sites is 1. The summed E-state index contributed by atoms with van der Waals surface area (Å²) in [5.74, 6) is 1.47. The minimum Gasteiger partial charge on any atom is -0.497 e. The first kappa shape index (κ1) is 25.3. The van der Waals surface area contributed by atoms with Crippen LogP contribution in [0.2, 0.25) is 0 Å². The van der Waals surface area contributed by atoms with Crippen LogP contribution in [0.15, 0.2) is 72.8 Å². The van der Waals surface area contributed by atoms with Gasteiger partial charge in [-0.25, -0.2) is 4.79 Å². The van der Waals surface area contributed by atoms with Gasteiger partial charge < -0.3 is 20.7 Å². The van der Waals surface area contributed by atoms with Crippen molar-refractivity contribution in [3.63, 3.8) is 0 Å². The number of carbonyl (C=O) groups is 1. The van der Waals surface area contributed by atoms with Gasteiger partial charge in [0.2, 0.25) is 0 Å². The van der Waals surface area contributed by atoms with Crippen molar-refractivity contribution in [2.45, 2.75) is 52.1 Å². The lowest BCUT2D eigenvalue weighted by molar-refractivity contribution is 0.250. The molecule has 2 amide bonds. The summed E-state index contributed by atoms with van der Waals surface area (Å²) in [5.41, 5.74) is 5.50. The monoisotopic (exact) mass is 459 g/mol. The zero-order valence-electron chi connectivity index (χ0n) is 20.9. The zero-order valence-corrected chi connectivity index (χ0v) is 20.9. The van der Waals surface area contributed by atoms with Crippen molar-refractivity contribution >= 4 is 11.7 Å². The van der Waals surface area contributed by atoms with Gasteiger partial charge in [0.1, 0.15) is 5.75 Å². The molecule has 3 rings (SSSR count). The van der Waals surface area contributed by atoms with E-state index < -0.39 is 0 Å². The Hall–Kier alpha value is -3.31. The van der Waals surface area contributed by atoms with Crippen LogP contribution in [0.1, 0.15) is 67.8 Å². The largest absolute Gasteiger partial charge is 0.497 e. The fourth-order valence-electron chi connectivity index (χ4n) is 4.03. The lowest BCUT2D eigenvalue weighted by Crippen LogP contribution is -2.37. The molecular formula is C29H37N3O2. The summed E-state index contributed by atoms with van der Waals surface area (Å²) in [5, 5.41) is 9.81. The third-order valence-corrected chi connectivity index (χ3v) is 5.99. The van der Waals surface area contributed by atoms with Crippen molar-refractivity contribution in [2.75, 3.05) is 19.0 Å². The molecule has 5 nitrogen and oxygen atoms in total. The molecule has 0 aromatic heterocycles. The highest BCUT2D eigenvalue weighted by molar-refractivity contribution is 5.91. The van der Waals surface area contributed by atoms with Crippen molar-refractivity contribution in [3.05, 3.63) is 95.1 Å². The number of urea groups is 1. The lowest BCUT2D eigenvalue weighted by Gasteiger charge is -2.23. The van der Waals surface area contributed by atoms with Crippen LogP contribution in [-0.4, -0.2) is 19.7 Å². The zero-order chi connectivity index (χ0) is 24.5. The first-order valence-electron chi connectivity index (χ1n) is 12.0. The molecule has 3 N–H and O–H groups in total. The Bertz CT molecular complexity index is 1020. The van der Waals surface area contributed by atoms with Gasteiger partial charge in [-0.1, -0.05) is 88.4 Å². The maximum absolute atomic E-state index is 13.0. The third kappa shape index (κ3) is 6.84. The van der Waals surface area contributed by atoms with Crippen LogP contribution in [0.5, 0.6) is 5.75 Å². The maximum atomic E-state index is 13.0. The number of amides is 2. The Morgan fingerprint density at radius 3 is 2.00 bits per heavy atom. The highest BCUT2D eigenvalue weighted by Crippen LogP contribution is 2.32. The minimum absolute atomic E-state index is 0.0287. The second-order valence-electron chi connectivity index (χ2n) is 9.15. The first-order chi connectivity index (χ1) is 16.4. The van der Waals surface area contributed by atoms with Crippen molar-refractivity contribution < 1.29 is 9.53 Å². The maximum Gasteiger partial charge on any atom is 0.319 e. The molecule has 180 valence electrons. The molecule has 0 spiro atoms. The second kappa shape index (κ2) is 12.2. The molecule has 0 aliphatic carbocycles. The second-order valence-corrected chi connectivity index (χ2v) is 9.15. The Balaban J connectivity index is 1.70. The van der Waals surface area contributed by atoms with Crippen molar-refractivity contribution in [2.24, 2.45) is 0 Å². The van der Waals surface area contributed by atoms with Crippen LogP contribution < -0.4 is 20.7 Å². The predicted octanol–water partition coefficient (Wildman–Crippen LogP) is 6.59. The number of rotatable bonds is 10. The molecule has 5 heteroatoms. The van der Waals surface area contributed by atoms with Gasteiger partial charge in [0, 0.05) is 24.8 Å². The number of carbonyl (C=O) groups excluding carboxylic acids is 1. The molecule has 0 saturated heterocycles. The minimum atomic E-state index is -0.192.